The predicted octanol–water partition coefficient (Wildman–Crippen LogP) is 3.15. The zero-order valence-corrected chi connectivity index (χ0v) is 15.2. The topological polar surface area (TPSA) is 49.0 Å². The van der Waals surface area contributed by atoms with Gasteiger partial charge in [-0.15, -0.1) is 0 Å². The van der Waals surface area contributed by atoms with Crippen LogP contribution in [0.5, 0.6) is 23.0 Å². The second kappa shape index (κ2) is 7.66. The van der Waals surface area contributed by atoms with Crippen LogP contribution in [0.15, 0.2) is 30.3 Å². The summed E-state index contributed by atoms with van der Waals surface area (Å²) in [6, 6.07) is 10.3. The van der Waals surface area contributed by atoms with Crippen molar-refractivity contribution in [2.75, 3.05) is 35.0 Å². The minimum Gasteiger partial charge on any atom is -0.497 e. The van der Waals surface area contributed by atoms with Crippen molar-refractivity contribution in [2.45, 2.75) is 18.9 Å². The standard InChI is InChI=1S/C20H25NO4/c1-22-15-5-6-18(23-2)14(9-15)10-17-16-12-20(25-4)19(24-3)11-13(16)7-8-21-17/h5-6,9,11-12,17,21H,7-8,10H2,1-4H3/t17-/m1/s1. The molecule has 0 spiro atoms. The molecule has 25 heavy (non-hydrogen) atoms. The molecule has 1 aliphatic rings. The molecule has 3 rings (SSSR count). The van der Waals surface area contributed by atoms with Gasteiger partial charge in [-0.1, -0.05) is 0 Å². The van der Waals surface area contributed by atoms with Gasteiger partial charge in [0.05, 0.1) is 28.4 Å². The van der Waals surface area contributed by atoms with Crippen LogP contribution in [0, 0.1) is 0 Å². The first-order valence-corrected chi connectivity index (χ1v) is 8.39. The van der Waals surface area contributed by atoms with E-state index >= 15 is 0 Å². The number of methoxy groups -OCH3 is 4. The molecule has 0 unspecified atom stereocenters. The van der Waals surface area contributed by atoms with Crippen LogP contribution < -0.4 is 24.3 Å². The van der Waals surface area contributed by atoms with Crippen LogP contribution in [0.2, 0.25) is 0 Å². The smallest absolute Gasteiger partial charge is 0.161 e. The number of ether oxygens (including phenoxy) is 4. The van der Waals surface area contributed by atoms with E-state index in [0.29, 0.717) is 0 Å². The highest BCUT2D eigenvalue weighted by molar-refractivity contribution is 5.50. The summed E-state index contributed by atoms with van der Waals surface area (Å²) in [6.45, 7) is 0.930. The summed E-state index contributed by atoms with van der Waals surface area (Å²) in [6.07, 6.45) is 1.78. The molecule has 0 bridgehead atoms. The van der Waals surface area contributed by atoms with Gasteiger partial charge in [-0.3, -0.25) is 0 Å². The van der Waals surface area contributed by atoms with E-state index in [2.05, 4.69) is 17.4 Å². The number of fused-ring (bicyclic) bond motifs is 1. The highest BCUT2D eigenvalue weighted by Crippen LogP contribution is 2.37. The Hall–Kier alpha value is -2.40. The van der Waals surface area contributed by atoms with Gasteiger partial charge in [0.1, 0.15) is 11.5 Å². The minimum atomic E-state index is 0.185. The third kappa shape index (κ3) is 3.51. The zero-order chi connectivity index (χ0) is 17.8. The quantitative estimate of drug-likeness (QED) is 0.873. The lowest BCUT2D eigenvalue weighted by Gasteiger charge is -2.28. The van der Waals surface area contributed by atoms with Crippen molar-refractivity contribution in [1.82, 2.24) is 5.32 Å². The predicted molar refractivity (Wildman–Crippen MR) is 97.2 cm³/mol. The summed E-state index contributed by atoms with van der Waals surface area (Å²) in [5.41, 5.74) is 3.65. The van der Waals surface area contributed by atoms with Gasteiger partial charge in [0.25, 0.3) is 0 Å². The number of hydrogen-bond donors (Lipinski definition) is 1. The summed E-state index contributed by atoms with van der Waals surface area (Å²) >= 11 is 0. The number of hydrogen-bond acceptors (Lipinski definition) is 5. The molecule has 134 valence electrons. The Morgan fingerprint density at radius 3 is 2.28 bits per heavy atom. The molecule has 0 radical (unpaired) electrons. The lowest BCUT2D eigenvalue weighted by atomic mass is 9.89. The van der Waals surface area contributed by atoms with E-state index in [0.717, 1.165) is 47.9 Å². The minimum absolute atomic E-state index is 0.185. The SMILES string of the molecule is COc1ccc(OC)c(C[C@H]2NCCc3cc(OC)c(OC)cc32)c1. The Morgan fingerprint density at radius 2 is 1.60 bits per heavy atom. The van der Waals surface area contributed by atoms with Crippen molar-refractivity contribution in [1.29, 1.82) is 0 Å². The van der Waals surface area contributed by atoms with Crippen LogP contribution >= 0.6 is 0 Å². The number of rotatable bonds is 6. The summed E-state index contributed by atoms with van der Waals surface area (Å²) < 4.78 is 21.8. The molecular formula is C20H25NO4. The van der Waals surface area contributed by atoms with Crippen molar-refractivity contribution in [3.05, 3.63) is 47.0 Å². The molecular weight excluding hydrogens is 318 g/mol. The summed E-state index contributed by atoms with van der Waals surface area (Å²) in [4.78, 5) is 0. The van der Waals surface area contributed by atoms with Gasteiger partial charge in [-0.25, -0.2) is 0 Å². The molecule has 1 N–H and O–H groups in total. The van der Waals surface area contributed by atoms with Crippen LogP contribution in [0.3, 0.4) is 0 Å². The van der Waals surface area contributed by atoms with Gasteiger partial charge in [-0.05, 0) is 66.4 Å². The van der Waals surface area contributed by atoms with Gasteiger partial charge >= 0.3 is 0 Å². The Kier molecular flexibility index (Phi) is 5.34. The molecule has 1 atom stereocenters. The number of benzene rings is 2. The fourth-order valence-corrected chi connectivity index (χ4v) is 3.41. The van der Waals surface area contributed by atoms with E-state index in [-0.39, 0.29) is 6.04 Å². The van der Waals surface area contributed by atoms with E-state index in [1.54, 1.807) is 28.4 Å². The molecule has 1 aliphatic heterocycles. The van der Waals surface area contributed by atoms with E-state index in [1.165, 1.54) is 11.1 Å². The van der Waals surface area contributed by atoms with Gasteiger partial charge in [0.2, 0.25) is 0 Å². The van der Waals surface area contributed by atoms with Crippen molar-refractivity contribution >= 4 is 0 Å². The average molecular weight is 343 g/mol. The van der Waals surface area contributed by atoms with Crippen LogP contribution in [0.25, 0.3) is 0 Å². The first-order chi connectivity index (χ1) is 12.2. The molecule has 0 saturated heterocycles. The van der Waals surface area contributed by atoms with Crippen LogP contribution in [0.4, 0.5) is 0 Å². The summed E-state index contributed by atoms with van der Waals surface area (Å²) in [5, 5.41) is 3.61. The molecule has 0 aliphatic carbocycles. The first kappa shape index (κ1) is 17.4. The van der Waals surface area contributed by atoms with E-state index in [4.69, 9.17) is 18.9 Å². The van der Waals surface area contributed by atoms with Crippen LogP contribution in [-0.2, 0) is 12.8 Å². The van der Waals surface area contributed by atoms with Crippen LogP contribution in [0.1, 0.15) is 22.7 Å². The van der Waals surface area contributed by atoms with Gasteiger partial charge in [0.15, 0.2) is 11.5 Å². The normalized spacial score (nSPS) is 16.1. The highest BCUT2D eigenvalue weighted by Gasteiger charge is 2.24. The number of nitrogens with one attached hydrogen (secondary N) is 1. The lowest BCUT2D eigenvalue weighted by Crippen LogP contribution is -2.31. The Bertz CT molecular complexity index is 745. The molecule has 0 amide bonds. The first-order valence-electron chi connectivity index (χ1n) is 8.39. The fraction of sp³-hybridized carbons (Fsp3) is 0.400. The summed E-state index contributed by atoms with van der Waals surface area (Å²) in [7, 11) is 6.71. The largest absolute Gasteiger partial charge is 0.497 e. The van der Waals surface area contributed by atoms with Crippen molar-refractivity contribution in [3.63, 3.8) is 0 Å². The molecule has 5 heteroatoms. The fourth-order valence-electron chi connectivity index (χ4n) is 3.41. The van der Waals surface area contributed by atoms with Crippen molar-refractivity contribution in [3.8, 4) is 23.0 Å². The Balaban J connectivity index is 1.96. The van der Waals surface area contributed by atoms with Crippen LogP contribution in [-0.4, -0.2) is 35.0 Å². The molecule has 5 nitrogen and oxygen atoms in total. The maximum absolute atomic E-state index is 5.53. The second-order valence-corrected chi connectivity index (χ2v) is 6.04. The maximum atomic E-state index is 5.53. The Morgan fingerprint density at radius 1 is 0.880 bits per heavy atom. The third-order valence-electron chi connectivity index (χ3n) is 4.72. The molecule has 0 saturated carbocycles. The average Bonchev–Trinajstić information content (AvgIpc) is 2.67. The van der Waals surface area contributed by atoms with Crippen molar-refractivity contribution < 1.29 is 18.9 Å². The van der Waals surface area contributed by atoms with E-state index in [9.17, 15) is 0 Å². The monoisotopic (exact) mass is 343 g/mol. The zero-order valence-electron chi connectivity index (χ0n) is 15.2. The molecule has 2 aromatic rings. The van der Waals surface area contributed by atoms with Gasteiger partial charge in [0, 0.05) is 6.04 Å². The molecule has 0 fully saturated rings. The Labute approximate surface area is 148 Å². The van der Waals surface area contributed by atoms with Crippen molar-refractivity contribution in [2.24, 2.45) is 0 Å². The second-order valence-electron chi connectivity index (χ2n) is 6.04. The third-order valence-corrected chi connectivity index (χ3v) is 4.72. The highest BCUT2D eigenvalue weighted by atomic mass is 16.5. The van der Waals surface area contributed by atoms with E-state index < -0.39 is 0 Å². The molecule has 0 aromatic heterocycles. The maximum Gasteiger partial charge on any atom is 0.161 e. The van der Waals surface area contributed by atoms with E-state index in [1.807, 2.05) is 18.2 Å². The van der Waals surface area contributed by atoms with Gasteiger partial charge < -0.3 is 24.3 Å². The van der Waals surface area contributed by atoms with Gasteiger partial charge in [-0.2, -0.15) is 0 Å². The molecule has 1 heterocycles. The lowest BCUT2D eigenvalue weighted by molar-refractivity contribution is 0.352. The molecule has 2 aromatic carbocycles. The summed E-state index contributed by atoms with van der Waals surface area (Å²) in [5.74, 6) is 3.24.